The maximum Gasteiger partial charge on any atom is 0.193 e. The molecule has 0 aromatic heterocycles. The zero-order chi connectivity index (χ0) is 10.2. The molecule has 0 aliphatic heterocycles. The number of rotatable bonds is 7. The number of nitrogens with zero attached hydrogens (tertiary/aromatic N) is 1. The van der Waals surface area contributed by atoms with Crippen molar-refractivity contribution >= 4 is 8.32 Å². The third-order valence-electron chi connectivity index (χ3n) is 2.54. The minimum atomic E-state index is -1.51. The van der Waals surface area contributed by atoms with Crippen molar-refractivity contribution in [1.29, 1.82) is 5.26 Å². The first-order valence-corrected chi connectivity index (χ1v) is 7.69. The Hall–Kier alpha value is -0.333. The average molecular weight is 199 g/mol. The molecule has 0 bridgehead atoms. The summed E-state index contributed by atoms with van der Waals surface area (Å²) in [5.41, 5.74) is 0. The van der Waals surface area contributed by atoms with Gasteiger partial charge in [0.2, 0.25) is 0 Å². The molecule has 0 aromatic carbocycles. The number of hydrogen-bond donors (Lipinski definition) is 0. The maximum absolute atomic E-state index is 8.58. The van der Waals surface area contributed by atoms with Gasteiger partial charge in [0.05, 0.1) is 6.07 Å². The van der Waals surface area contributed by atoms with Crippen molar-refractivity contribution in [2.24, 2.45) is 0 Å². The van der Waals surface area contributed by atoms with Crippen molar-refractivity contribution in [2.45, 2.75) is 51.2 Å². The average Bonchev–Trinajstić information content (AvgIpc) is 2.15. The largest absolute Gasteiger partial charge is 0.420 e. The van der Waals surface area contributed by atoms with Crippen LogP contribution in [0.15, 0.2) is 0 Å². The van der Waals surface area contributed by atoms with Crippen LogP contribution >= 0.6 is 0 Å². The van der Waals surface area contributed by atoms with Crippen molar-refractivity contribution in [3.63, 3.8) is 0 Å². The van der Waals surface area contributed by atoms with Crippen LogP contribution in [0.4, 0.5) is 0 Å². The Morgan fingerprint density at radius 3 is 2.00 bits per heavy atom. The summed E-state index contributed by atoms with van der Waals surface area (Å²) < 4.78 is 5.71. The normalized spacial score (nSPS) is 11.2. The molecule has 0 atom stereocenters. The molecule has 0 aliphatic carbocycles. The minimum absolute atomic E-state index is 0.667. The molecule has 0 aromatic rings. The zero-order valence-corrected chi connectivity index (χ0v) is 10.1. The van der Waals surface area contributed by atoms with Crippen LogP contribution in [0.25, 0.3) is 0 Å². The highest BCUT2D eigenvalue weighted by Gasteiger charge is 2.31. The van der Waals surface area contributed by atoms with Crippen LogP contribution < -0.4 is 0 Å². The van der Waals surface area contributed by atoms with Crippen LogP contribution in [0.2, 0.25) is 18.1 Å². The molecule has 76 valence electrons. The Kier molecular flexibility index (Phi) is 6.92. The fourth-order valence-corrected chi connectivity index (χ4v) is 5.63. The first-order chi connectivity index (χ1) is 6.24. The summed E-state index contributed by atoms with van der Waals surface area (Å²) in [4.78, 5) is 0. The summed E-state index contributed by atoms with van der Waals surface area (Å²) >= 11 is 0. The second-order valence-corrected chi connectivity index (χ2v) is 7.82. The maximum atomic E-state index is 8.58. The van der Waals surface area contributed by atoms with Gasteiger partial charge in [0.25, 0.3) is 0 Å². The van der Waals surface area contributed by atoms with Gasteiger partial charge in [-0.3, -0.25) is 0 Å². The summed E-state index contributed by atoms with van der Waals surface area (Å²) in [6, 6.07) is 5.66. The summed E-state index contributed by atoms with van der Waals surface area (Å²) in [5, 5.41) is 8.58. The van der Waals surface area contributed by atoms with E-state index < -0.39 is 8.32 Å². The van der Waals surface area contributed by atoms with Crippen LogP contribution in [0, 0.1) is 11.3 Å². The highest BCUT2D eigenvalue weighted by molar-refractivity contribution is 6.73. The van der Waals surface area contributed by atoms with E-state index in [0.29, 0.717) is 6.42 Å². The van der Waals surface area contributed by atoms with Crippen molar-refractivity contribution in [3.05, 3.63) is 0 Å². The fraction of sp³-hybridized carbons (Fsp3) is 0.900. The van der Waals surface area contributed by atoms with Gasteiger partial charge in [-0.15, -0.1) is 0 Å². The summed E-state index contributed by atoms with van der Waals surface area (Å²) in [6.45, 7) is 4.39. The van der Waals surface area contributed by atoms with E-state index in [-0.39, 0.29) is 0 Å². The lowest BCUT2D eigenvalue weighted by molar-refractivity contribution is 0.387. The molecule has 0 heterocycles. The van der Waals surface area contributed by atoms with Crippen molar-refractivity contribution < 1.29 is 4.43 Å². The molecule has 0 saturated carbocycles. The van der Waals surface area contributed by atoms with Crippen LogP contribution in [0.1, 0.15) is 33.1 Å². The fourth-order valence-electron chi connectivity index (χ4n) is 1.88. The molecule has 0 radical (unpaired) electrons. The monoisotopic (exact) mass is 199 g/mol. The molecule has 13 heavy (non-hydrogen) atoms. The molecule has 0 aliphatic rings. The summed E-state index contributed by atoms with van der Waals surface area (Å²) in [5.74, 6) is 0. The van der Waals surface area contributed by atoms with Gasteiger partial charge in [-0.05, 0) is 18.1 Å². The molecule has 0 amide bonds. The smallest absolute Gasteiger partial charge is 0.193 e. The van der Waals surface area contributed by atoms with Crippen LogP contribution in [-0.2, 0) is 4.43 Å². The van der Waals surface area contributed by atoms with Crippen molar-refractivity contribution in [2.75, 3.05) is 7.11 Å². The van der Waals surface area contributed by atoms with Gasteiger partial charge in [-0.25, -0.2) is 0 Å². The Morgan fingerprint density at radius 1 is 1.15 bits per heavy atom. The molecule has 3 heteroatoms. The second kappa shape index (κ2) is 7.11. The third kappa shape index (κ3) is 4.44. The molecular formula is C10H21NOSi. The Balaban J connectivity index is 4.17. The van der Waals surface area contributed by atoms with Crippen LogP contribution in [0.3, 0.4) is 0 Å². The first kappa shape index (κ1) is 12.7. The van der Waals surface area contributed by atoms with E-state index in [2.05, 4.69) is 19.9 Å². The van der Waals surface area contributed by atoms with E-state index >= 15 is 0 Å². The topological polar surface area (TPSA) is 33.0 Å². The molecule has 2 nitrogen and oxygen atoms in total. The molecular weight excluding hydrogens is 178 g/mol. The van der Waals surface area contributed by atoms with E-state index in [1.165, 1.54) is 24.9 Å². The molecule has 0 unspecified atom stereocenters. The zero-order valence-electron chi connectivity index (χ0n) is 9.10. The van der Waals surface area contributed by atoms with E-state index in [0.717, 1.165) is 6.04 Å². The second-order valence-electron chi connectivity index (χ2n) is 3.55. The van der Waals surface area contributed by atoms with Gasteiger partial charge in [-0.2, -0.15) is 5.26 Å². The number of hydrogen-bond acceptors (Lipinski definition) is 2. The standard InChI is InChI=1S/C10H21NOSi/c1-4-8-13(12-3,9-5-2)10-6-7-11/h4-6,8-10H2,1-3H3. The van der Waals surface area contributed by atoms with E-state index in [9.17, 15) is 0 Å². The van der Waals surface area contributed by atoms with Crippen LogP contribution in [-0.4, -0.2) is 15.4 Å². The van der Waals surface area contributed by atoms with Gasteiger partial charge >= 0.3 is 0 Å². The quantitative estimate of drug-likeness (QED) is 0.589. The van der Waals surface area contributed by atoms with Gasteiger partial charge in [0.1, 0.15) is 0 Å². The lowest BCUT2D eigenvalue weighted by Crippen LogP contribution is -2.36. The van der Waals surface area contributed by atoms with Crippen molar-refractivity contribution in [3.8, 4) is 6.07 Å². The van der Waals surface area contributed by atoms with E-state index in [4.69, 9.17) is 9.69 Å². The summed E-state index contributed by atoms with van der Waals surface area (Å²) in [6.07, 6.45) is 3.04. The molecule has 0 spiro atoms. The Labute approximate surface area is 83.0 Å². The molecule has 0 fully saturated rings. The lowest BCUT2D eigenvalue weighted by atomic mass is 10.5. The minimum Gasteiger partial charge on any atom is -0.420 e. The van der Waals surface area contributed by atoms with E-state index in [1.807, 2.05) is 7.11 Å². The highest BCUT2D eigenvalue weighted by Crippen LogP contribution is 2.26. The van der Waals surface area contributed by atoms with Gasteiger partial charge < -0.3 is 4.43 Å². The summed E-state index contributed by atoms with van der Waals surface area (Å²) in [7, 11) is 0.315. The molecule has 0 rings (SSSR count). The third-order valence-corrected chi connectivity index (χ3v) is 7.39. The predicted molar refractivity (Wildman–Crippen MR) is 58.0 cm³/mol. The molecule has 0 N–H and O–H groups in total. The van der Waals surface area contributed by atoms with Crippen molar-refractivity contribution in [1.82, 2.24) is 0 Å². The Bertz CT molecular complexity index is 159. The van der Waals surface area contributed by atoms with E-state index in [1.54, 1.807) is 0 Å². The predicted octanol–water partition coefficient (Wildman–Crippen LogP) is 3.31. The first-order valence-electron chi connectivity index (χ1n) is 5.16. The highest BCUT2D eigenvalue weighted by atomic mass is 28.4. The van der Waals surface area contributed by atoms with Gasteiger partial charge in [0.15, 0.2) is 8.32 Å². The molecule has 0 saturated heterocycles. The van der Waals surface area contributed by atoms with Gasteiger partial charge in [0, 0.05) is 13.5 Å². The SMILES string of the molecule is CCC[Si](CCC)(CCC#N)OC. The Morgan fingerprint density at radius 2 is 1.69 bits per heavy atom. The van der Waals surface area contributed by atoms with Gasteiger partial charge in [-0.1, -0.05) is 26.7 Å². The number of nitriles is 1. The van der Waals surface area contributed by atoms with Crippen LogP contribution in [0.5, 0.6) is 0 Å². The lowest BCUT2D eigenvalue weighted by Gasteiger charge is -2.28.